The van der Waals surface area contributed by atoms with Gasteiger partial charge in [0, 0.05) is 20.8 Å². The maximum atomic E-state index is 12.5. The van der Waals surface area contributed by atoms with Crippen LogP contribution in [0.3, 0.4) is 0 Å². The van der Waals surface area contributed by atoms with Gasteiger partial charge in [0.05, 0.1) is 6.10 Å². The molecule has 5 atom stereocenters. The fraction of sp³-hybridized carbons (Fsp3) is 0.810. The Kier molecular flexibility index (Phi) is 11.6. The number of ether oxygens (including phenoxy) is 6. The molecule has 1 saturated heterocycles. The molecule has 2 fully saturated rings. The predicted molar refractivity (Wildman–Crippen MR) is 123 cm³/mol. The van der Waals surface area contributed by atoms with E-state index in [0.29, 0.717) is 0 Å². The standard InChI is InChI=1S/C21H30Cl3NO10/c1-11(26)30-9-15-17(32-12(2)27)18(33-13(3)28)16(25-20(29)31-10-21(22,23)24)19(35-15)34-14-7-5-4-6-8-14/h14-19H,4-10H2,1-3H3,(H,25,29)/t15-,16-,17-,18-,19?/m1/s1. The Morgan fingerprint density at radius 3 is 2.03 bits per heavy atom. The molecule has 2 aliphatic rings. The normalized spacial score (nSPS) is 27.4. The van der Waals surface area contributed by atoms with Crippen LogP contribution in [0.2, 0.25) is 0 Å². The number of hydrogen-bond acceptors (Lipinski definition) is 10. The van der Waals surface area contributed by atoms with Gasteiger partial charge in [-0.1, -0.05) is 54.1 Å². The zero-order valence-corrected chi connectivity index (χ0v) is 21.9. The Morgan fingerprint density at radius 1 is 0.886 bits per heavy atom. The molecule has 1 saturated carbocycles. The molecule has 0 aromatic carbocycles. The van der Waals surface area contributed by atoms with E-state index in [-0.39, 0.29) is 12.7 Å². The first-order chi connectivity index (χ1) is 16.4. The van der Waals surface area contributed by atoms with Crippen molar-refractivity contribution >= 4 is 58.8 Å². The second-order valence-electron chi connectivity index (χ2n) is 8.25. The van der Waals surface area contributed by atoms with E-state index in [0.717, 1.165) is 46.0 Å². The topological polar surface area (TPSA) is 136 Å². The molecule has 35 heavy (non-hydrogen) atoms. The van der Waals surface area contributed by atoms with E-state index in [4.69, 9.17) is 63.2 Å². The highest BCUT2D eigenvalue weighted by Crippen LogP contribution is 2.31. The summed E-state index contributed by atoms with van der Waals surface area (Å²) in [6.45, 7) is 2.62. The van der Waals surface area contributed by atoms with Gasteiger partial charge in [0.25, 0.3) is 0 Å². The number of alkyl halides is 3. The van der Waals surface area contributed by atoms with Crippen molar-refractivity contribution in [2.24, 2.45) is 0 Å². The van der Waals surface area contributed by atoms with Crippen molar-refractivity contribution in [3.8, 4) is 0 Å². The van der Waals surface area contributed by atoms with Crippen molar-refractivity contribution < 1.29 is 47.6 Å². The number of nitrogens with one attached hydrogen (secondary N) is 1. The maximum Gasteiger partial charge on any atom is 0.407 e. The Hall–Kier alpha value is -1.53. The van der Waals surface area contributed by atoms with Crippen molar-refractivity contribution in [1.82, 2.24) is 5.32 Å². The molecular formula is C21H30Cl3NO10. The third-order valence-electron chi connectivity index (χ3n) is 5.23. The van der Waals surface area contributed by atoms with Gasteiger partial charge >= 0.3 is 24.0 Å². The lowest BCUT2D eigenvalue weighted by Gasteiger charge is -2.45. The minimum absolute atomic E-state index is 0.201. The van der Waals surface area contributed by atoms with Crippen LogP contribution in [0.5, 0.6) is 0 Å². The average Bonchev–Trinajstić information content (AvgIpc) is 2.74. The first kappa shape index (κ1) is 29.7. The van der Waals surface area contributed by atoms with Crippen LogP contribution in [-0.2, 0) is 42.8 Å². The van der Waals surface area contributed by atoms with Gasteiger partial charge in [-0.15, -0.1) is 0 Å². The highest BCUT2D eigenvalue weighted by Gasteiger charge is 2.52. The quantitative estimate of drug-likeness (QED) is 0.267. The van der Waals surface area contributed by atoms with Gasteiger partial charge in [-0.25, -0.2) is 4.79 Å². The lowest BCUT2D eigenvalue weighted by atomic mass is 9.95. The molecule has 1 unspecified atom stereocenters. The molecule has 1 aliphatic heterocycles. The smallest absolute Gasteiger partial charge is 0.407 e. The zero-order valence-electron chi connectivity index (χ0n) is 19.6. The average molecular weight is 563 g/mol. The van der Waals surface area contributed by atoms with E-state index < -0.39 is 65.0 Å². The third kappa shape index (κ3) is 10.5. The van der Waals surface area contributed by atoms with Crippen molar-refractivity contribution in [2.75, 3.05) is 13.2 Å². The molecule has 14 heteroatoms. The summed E-state index contributed by atoms with van der Waals surface area (Å²) < 4.78 is 31.1. The Balaban J connectivity index is 2.36. The molecular weight excluding hydrogens is 533 g/mol. The fourth-order valence-electron chi connectivity index (χ4n) is 3.89. The van der Waals surface area contributed by atoms with Gasteiger partial charge in [0.2, 0.25) is 3.79 Å². The summed E-state index contributed by atoms with van der Waals surface area (Å²) in [6, 6.07) is -1.18. The monoisotopic (exact) mass is 561 g/mol. The summed E-state index contributed by atoms with van der Waals surface area (Å²) in [6.07, 6.45) is -1.51. The summed E-state index contributed by atoms with van der Waals surface area (Å²) in [4.78, 5) is 47.8. The molecule has 1 aliphatic carbocycles. The number of alkyl carbamates (subject to hydrolysis) is 1. The van der Waals surface area contributed by atoms with E-state index in [1.807, 2.05) is 0 Å². The molecule has 0 spiro atoms. The summed E-state index contributed by atoms with van der Waals surface area (Å²) >= 11 is 16.9. The molecule has 0 bridgehead atoms. The van der Waals surface area contributed by atoms with Gasteiger partial charge < -0.3 is 33.7 Å². The maximum absolute atomic E-state index is 12.5. The number of esters is 3. The lowest BCUT2D eigenvalue weighted by Crippen LogP contribution is -2.67. The van der Waals surface area contributed by atoms with Crippen molar-refractivity contribution in [2.45, 2.75) is 93.4 Å². The number of amides is 1. The van der Waals surface area contributed by atoms with Crippen molar-refractivity contribution in [3.63, 3.8) is 0 Å². The van der Waals surface area contributed by atoms with Crippen LogP contribution in [0.15, 0.2) is 0 Å². The highest BCUT2D eigenvalue weighted by molar-refractivity contribution is 6.67. The molecule has 1 heterocycles. The number of rotatable bonds is 8. The van der Waals surface area contributed by atoms with Crippen LogP contribution in [0.25, 0.3) is 0 Å². The van der Waals surface area contributed by atoms with Crippen molar-refractivity contribution in [3.05, 3.63) is 0 Å². The first-order valence-corrected chi connectivity index (χ1v) is 12.3. The molecule has 1 amide bonds. The SMILES string of the molecule is CC(=O)OC[C@H]1OC(OC2CCCCC2)[C@H](NC(=O)OCC(Cl)(Cl)Cl)[C@@H](OC(C)=O)[C@@H]1OC(C)=O. The summed E-state index contributed by atoms with van der Waals surface area (Å²) in [7, 11) is 0. The predicted octanol–water partition coefficient (Wildman–Crippen LogP) is 2.95. The van der Waals surface area contributed by atoms with E-state index in [9.17, 15) is 19.2 Å². The Bertz CT molecular complexity index is 756. The van der Waals surface area contributed by atoms with Crippen LogP contribution in [0.4, 0.5) is 4.79 Å². The molecule has 200 valence electrons. The zero-order chi connectivity index (χ0) is 26.2. The van der Waals surface area contributed by atoms with Crippen LogP contribution < -0.4 is 5.32 Å². The largest absolute Gasteiger partial charge is 0.463 e. The number of carbonyl (C=O) groups is 4. The second kappa shape index (κ2) is 13.7. The summed E-state index contributed by atoms with van der Waals surface area (Å²) in [5, 5.41) is 2.51. The fourth-order valence-corrected chi connectivity index (χ4v) is 4.05. The van der Waals surface area contributed by atoms with Crippen molar-refractivity contribution in [1.29, 1.82) is 0 Å². The van der Waals surface area contributed by atoms with Gasteiger partial charge in [-0.2, -0.15) is 0 Å². The van der Waals surface area contributed by atoms with Gasteiger partial charge in [-0.3, -0.25) is 14.4 Å². The Morgan fingerprint density at radius 2 is 1.49 bits per heavy atom. The Labute approximate surface area is 218 Å². The second-order valence-corrected chi connectivity index (χ2v) is 10.8. The molecule has 0 aromatic rings. The third-order valence-corrected chi connectivity index (χ3v) is 5.56. The van der Waals surface area contributed by atoms with E-state index in [2.05, 4.69) is 5.32 Å². The highest BCUT2D eigenvalue weighted by atomic mass is 35.6. The molecule has 1 N–H and O–H groups in total. The van der Waals surface area contributed by atoms with Crippen LogP contribution in [0.1, 0.15) is 52.9 Å². The summed E-state index contributed by atoms with van der Waals surface area (Å²) in [5.41, 5.74) is 0. The number of hydrogen-bond donors (Lipinski definition) is 1. The first-order valence-electron chi connectivity index (χ1n) is 11.1. The molecule has 0 radical (unpaired) electrons. The lowest BCUT2D eigenvalue weighted by molar-refractivity contribution is -0.289. The van der Waals surface area contributed by atoms with E-state index >= 15 is 0 Å². The van der Waals surface area contributed by atoms with Gasteiger partial charge in [0.1, 0.15) is 25.4 Å². The summed E-state index contributed by atoms with van der Waals surface area (Å²) in [5.74, 6) is -2.04. The number of carbonyl (C=O) groups excluding carboxylic acids is 4. The van der Waals surface area contributed by atoms with Crippen LogP contribution >= 0.6 is 34.8 Å². The van der Waals surface area contributed by atoms with Gasteiger partial charge in [-0.05, 0) is 12.8 Å². The molecule has 11 nitrogen and oxygen atoms in total. The van der Waals surface area contributed by atoms with E-state index in [1.165, 1.54) is 6.92 Å². The minimum atomic E-state index is -1.86. The minimum Gasteiger partial charge on any atom is -0.463 e. The van der Waals surface area contributed by atoms with Crippen LogP contribution in [0, 0.1) is 0 Å². The number of halogens is 3. The molecule has 2 rings (SSSR count). The van der Waals surface area contributed by atoms with Crippen LogP contribution in [-0.4, -0.2) is 77.8 Å². The van der Waals surface area contributed by atoms with E-state index in [1.54, 1.807) is 0 Å². The molecule has 0 aromatic heterocycles. The van der Waals surface area contributed by atoms with Gasteiger partial charge in [0.15, 0.2) is 18.5 Å².